The second-order valence-corrected chi connectivity index (χ2v) is 6.49. The number of quaternary nitrogens is 2. The molecule has 0 bridgehead atoms. The number of piperazine rings is 1. The van der Waals surface area contributed by atoms with Gasteiger partial charge in [0.25, 0.3) is 5.91 Å². The molecule has 0 aliphatic carbocycles. The van der Waals surface area contributed by atoms with E-state index in [1.807, 2.05) is 6.92 Å². The van der Waals surface area contributed by atoms with Crippen molar-refractivity contribution in [2.75, 3.05) is 33.2 Å². The van der Waals surface area contributed by atoms with Crippen LogP contribution < -0.4 is 20.4 Å². The Morgan fingerprint density at radius 1 is 1.33 bits per heavy atom. The first-order chi connectivity index (χ1) is 10.1. The van der Waals surface area contributed by atoms with Gasteiger partial charge in [0, 0.05) is 7.05 Å². The molecular weight excluding hydrogens is 288 g/mol. The Bertz CT molecular complexity index is 469. The summed E-state index contributed by atoms with van der Waals surface area (Å²) in [5.74, 6) is -0.203. The smallest absolute Gasteiger partial charge is 0.321 e. The number of rotatable bonds is 4. The van der Waals surface area contributed by atoms with Crippen molar-refractivity contribution in [2.45, 2.75) is 19.5 Å². The third-order valence-electron chi connectivity index (χ3n) is 4.07. The van der Waals surface area contributed by atoms with Crippen molar-refractivity contribution < 1.29 is 19.4 Å². The van der Waals surface area contributed by atoms with Crippen molar-refractivity contribution >= 4 is 23.3 Å². The number of nitrogens with one attached hydrogen (secondary N) is 4. The number of carbonyl (C=O) groups is 2. The first-order valence-electron chi connectivity index (χ1n) is 7.33. The molecule has 6 nitrogen and oxygen atoms in total. The maximum absolute atomic E-state index is 12.0. The summed E-state index contributed by atoms with van der Waals surface area (Å²) in [6.07, 6.45) is 0. The minimum absolute atomic E-state index is 0.189. The van der Waals surface area contributed by atoms with Crippen molar-refractivity contribution in [2.24, 2.45) is 0 Å². The summed E-state index contributed by atoms with van der Waals surface area (Å²) in [7, 11) is 1.51. The van der Waals surface area contributed by atoms with E-state index < -0.39 is 6.03 Å². The van der Waals surface area contributed by atoms with E-state index in [0.29, 0.717) is 0 Å². The molecule has 0 radical (unpaired) electrons. The average molecular weight is 312 g/mol. The molecule has 21 heavy (non-hydrogen) atoms. The van der Waals surface area contributed by atoms with E-state index in [1.54, 1.807) is 16.2 Å². The maximum atomic E-state index is 12.0. The topological polar surface area (TPSA) is 67.1 Å². The molecule has 1 fully saturated rings. The Kier molecular flexibility index (Phi) is 5.72. The fourth-order valence-corrected chi connectivity index (χ4v) is 3.44. The van der Waals surface area contributed by atoms with Crippen LogP contribution in [0.1, 0.15) is 11.8 Å². The molecular formula is C14H24N4O2S+2. The lowest BCUT2D eigenvalue weighted by Crippen LogP contribution is -3.29. The SMILES string of the molecule is CNC(=O)NC(=O)[C@@H](C)[NH+]1CC[NH+](Cc2cccs2)CC1. The Morgan fingerprint density at radius 3 is 2.62 bits per heavy atom. The molecule has 1 aliphatic rings. The van der Waals surface area contributed by atoms with Gasteiger partial charge in [-0.05, 0) is 18.4 Å². The normalized spacial score (nSPS) is 23.3. The molecule has 3 amide bonds. The Hall–Kier alpha value is -1.44. The van der Waals surface area contributed by atoms with Crippen LogP contribution in [0.2, 0.25) is 0 Å². The van der Waals surface area contributed by atoms with Gasteiger partial charge in [-0.15, -0.1) is 11.3 Å². The highest BCUT2D eigenvalue weighted by Gasteiger charge is 2.31. The number of amides is 3. The van der Waals surface area contributed by atoms with Gasteiger partial charge < -0.3 is 15.1 Å². The molecule has 2 heterocycles. The summed E-state index contributed by atoms with van der Waals surface area (Å²) in [4.78, 5) is 27.4. The van der Waals surface area contributed by atoms with Gasteiger partial charge in [-0.1, -0.05) is 6.07 Å². The Labute approximate surface area is 129 Å². The second-order valence-electron chi connectivity index (χ2n) is 5.45. The lowest BCUT2D eigenvalue weighted by atomic mass is 10.2. The molecule has 0 unspecified atom stereocenters. The van der Waals surface area contributed by atoms with Gasteiger partial charge in [-0.2, -0.15) is 0 Å². The summed E-state index contributed by atoms with van der Waals surface area (Å²) in [5, 5.41) is 6.87. The molecule has 0 spiro atoms. The first-order valence-corrected chi connectivity index (χ1v) is 8.21. The Morgan fingerprint density at radius 2 is 2.05 bits per heavy atom. The molecule has 1 aromatic heterocycles. The van der Waals surface area contributed by atoms with Crippen molar-refractivity contribution in [3.8, 4) is 0 Å². The number of thiophene rings is 1. The lowest BCUT2D eigenvalue weighted by Gasteiger charge is -2.32. The minimum atomic E-state index is -0.437. The standard InChI is InChI=1S/C14H22N4O2S/c1-11(13(19)16-14(20)15-2)18-7-5-17(6-8-18)10-12-4-3-9-21-12/h3-4,9,11H,5-8,10H2,1-2H3,(H2,15,16,19,20)/p+2/t11-/m1/s1. The zero-order valence-electron chi connectivity index (χ0n) is 12.6. The summed E-state index contributed by atoms with van der Waals surface area (Å²) in [6, 6.07) is 3.64. The Balaban J connectivity index is 1.77. The molecule has 1 aromatic rings. The highest BCUT2D eigenvalue weighted by atomic mass is 32.1. The number of urea groups is 1. The van der Waals surface area contributed by atoms with Crippen LogP contribution in [0.4, 0.5) is 4.79 Å². The van der Waals surface area contributed by atoms with Gasteiger partial charge in [-0.25, -0.2) is 4.79 Å². The highest BCUT2D eigenvalue weighted by Crippen LogP contribution is 2.05. The molecule has 116 valence electrons. The third-order valence-corrected chi connectivity index (χ3v) is 4.95. The molecule has 7 heteroatoms. The predicted molar refractivity (Wildman–Crippen MR) is 81.5 cm³/mol. The van der Waals surface area contributed by atoms with Crippen LogP contribution in [0, 0.1) is 0 Å². The summed E-state index contributed by atoms with van der Waals surface area (Å²) < 4.78 is 0. The van der Waals surface area contributed by atoms with Gasteiger partial charge in [0.15, 0.2) is 6.04 Å². The van der Waals surface area contributed by atoms with Crippen LogP contribution in [-0.4, -0.2) is 51.2 Å². The number of hydrogen-bond acceptors (Lipinski definition) is 3. The van der Waals surface area contributed by atoms with E-state index in [9.17, 15) is 9.59 Å². The number of carbonyl (C=O) groups excluding carboxylic acids is 2. The molecule has 0 aromatic carbocycles. The van der Waals surface area contributed by atoms with E-state index in [2.05, 4.69) is 28.1 Å². The lowest BCUT2D eigenvalue weighted by molar-refractivity contribution is -1.02. The van der Waals surface area contributed by atoms with Crippen molar-refractivity contribution in [3.63, 3.8) is 0 Å². The van der Waals surface area contributed by atoms with Crippen molar-refractivity contribution in [1.82, 2.24) is 10.6 Å². The van der Waals surface area contributed by atoms with Crippen LogP contribution in [0.3, 0.4) is 0 Å². The van der Waals surface area contributed by atoms with E-state index in [1.165, 1.54) is 16.8 Å². The van der Waals surface area contributed by atoms with Gasteiger partial charge in [0.05, 0.1) is 4.88 Å². The maximum Gasteiger partial charge on any atom is 0.321 e. The summed E-state index contributed by atoms with van der Waals surface area (Å²) >= 11 is 1.80. The molecule has 4 N–H and O–H groups in total. The van der Waals surface area contributed by atoms with E-state index in [4.69, 9.17) is 0 Å². The fourth-order valence-electron chi connectivity index (χ4n) is 2.66. The predicted octanol–water partition coefficient (Wildman–Crippen LogP) is -2.12. The van der Waals surface area contributed by atoms with Crippen LogP contribution >= 0.6 is 11.3 Å². The molecule has 1 aliphatic heterocycles. The molecule has 1 saturated heterocycles. The van der Waals surface area contributed by atoms with Crippen molar-refractivity contribution in [1.29, 1.82) is 0 Å². The number of hydrogen-bond donors (Lipinski definition) is 4. The minimum Gasteiger partial charge on any atom is -0.341 e. The van der Waals surface area contributed by atoms with E-state index >= 15 is 0 Å². The van der Waals surface area contributed by atoms with E-state index in [0.717, 1.165) is 32.7 Å². The van der Waals surface area contributed by atoms with Gasteiger partial charge in [0.2, 0.25) is 0 Å². The van der Waals surface area contributed by atoms with Crippen LogP contribution in [-0.2, 0) is 11.3 Å². The first kappa shape index (κ1) is 15.9. The van der Waals surface area contributed by atoms with Gasteiger partial charge >= 0.3 is 6.03 Å². The zero-order valence-corrected chi connectivity index (χ0v) is 13.4. The monoisotopic (exact) mass is 312 g/mol. The summed E-state index contributed by atoms with van der Waals surface area (Å²) in [5.41, 5.74) is 0. The quantitative estimate of drug-likeness (QED) is 0.513. The van der Waals surface area contributed by atoms with Crippen molar-refractivity contribution in [3.05, 3.63) is 22.4 Å². The second kappa shape index (κ2) is 7.53. The highest BCUT2D eigenvalue weighted by molar-refractivity contribution is 7.09. The largest absolute Gasteiger partial charge is 0.341 e. The van der Waals surface area contributed by atoms with Crippen LogP contribution in [0.5, 0.6) is 0 Å². The zero-order chi connectivity index (χ0) is 15.2. The van der Waals surface area contributed by atoms with Gasteiger partial charge in [0.1, 0.15) is 32.7 Å². The molecule has 2 rings (SSSR count). The number of imide groups is 1. The van der Waals surface area contributed by atoms with Crippen LogP contribution in [0.15, 0.2) is 17.5 Å². The van der Waals surface area contributed by atoms with Gasteiger partial charge in [-0.3, -0.25) is 10.1 Å². The van der Waals surface area contributed by atoms with E-state index in [-0.39, 0.29) is 11.9 Å². The fraction of sp³-hybridized carbons (Fsp3) is 0.571. The average Bonchev–Trinajstić information content (AvgIpc) is 3.00. The summed E-state index contributed by atoms with van der Waals surface area (Å²) in [6.45, 7) is 7.00. The molecule has 1 atom stereocenters. The third kappa shape index (κ3) is 4.52. The molecule has 0 saturated carbocycles. The van der Waals surface area contributed by atoms with Crippen LogP contribution in [0.25, 0.3) is 0 Å².